The SMILES string of the molecule is O=S1CCc2nc(N3CCC(C4=NCc5cc(F)ccc54)CC3)nc(NC3CCOCC3)c21. The average Bonchev–Trinajstić information content (AvgIpc) is 3.43. The quantitative estimate of drug-likeness (QED) is 0.741. The van der Waals surface area contributed by atoms with E-state index in [1.165, 1.54) is 6.07 Å². The predicted molar refractivity (Wildman–Crippen MR) is 126 cm³/mol. The van der Waals surface area contributed by atoms with Crippen molar-refractivity contribution in [3.8, 4) is 0 Å². The van der Waals surface area contributed by atoms with E-state index >= 15 is 0 Å². The number of ether oxygens (including phenoxy) is 1. The molecule has 1 atom stereocenters. The molecule has 0 saturated carbocycles. The van der Waals surface area contributed by atoms with Crippen LogP contribution in [0.4, 0.5) is 16.2 Å². The predicted octanol–water partition coefficient (Wildman–Crippen LogP) is 3.09. The minimum absolute atomic E-state index is 0.195. The summed E-state index contributed by atoms with van der Waals surface area (Å²) in [6.45, 7) is 3.76. The maximum atomic E-state index is 13.6. The molecule has 0 bridgehead atoms. The summed E-state index contributed by atoms with van der Waals surface area (Å²) in [7, 11) is -1.04. The van der Waals surface area contributed by atoms with Crippen molar-refractivity contribution in [1.29, 1.82) is 0 Å². The molecule has 9 heteroatoms. The number of hydrogen-bond acceptors (Lipinski definition) is 7. The lowest BCUT2D eigenvalue weighted by Gasteiger charge is -2.33. The fourth-order valence-corrected chi connectivity index (χ4v) is 6.67. The van der Waals surface area contributed by atoms with Crippen LogP contribution in [0.25, 0.3) is 0 Å². The summed E-state index contributed by atoms with van der Waals surface area (Å²) >= 11 is 0. The van der Waals surface area contributed by atoms with Gasteiger partial charge in [-0.3, -0.25) is 9.20 Å². The van der Waals surface area contributed by atoms with Crippen LogP contribution >= 0.6 is 0 Å². The van der Waals surface area contributed by atoms with Gasteiger partial charge in [-0.1, -0.05) is 0 Å². The van der Waals surface area contributed by atoms with Crippen molar-refractivity contribution in [2.24, 2.45) is 10.9 Å². The number of hydrogen-bond donors (Lipinski definition) is 1. The van der Waals surface area contributed by atoms with Crippen LogP contribution in [0, 0.1) is 11.7 Å². The highest BCUT2D eigenvalue weighted by Crippen LogP contribution is 2.34. The first-order valence-corrected chi connectivity index (χ1v) is 13.2. The number of aliphatic imine (C=N–C) groups is 1. The molecule has 1 aromatic heterocycles. The number of anilines is 2. The first-order valence-electron chi connectivity index (χ1n) is 11.9. The number of piperidine rings is 1. The summed E-state index contributed by atoms with van der Waals surface area (Å²) in [6, 6.07) is 5.31. The molecule has 0 radical (unpaired) electrons. The summed E-state index contributed by atoms with van der Waals surface area (Å²) < 4.78 is 31.7. The Kier molecular flexibility index (Phi) is 5.62. The highest BCUT2D eigenvalue weighted by molar-refractivity contribution is 7.85. The van der Waals surface area contributed by atoms with E-state index in [-0.39, 0.29) is 5.82 Å². The van der Waals surface area contributed by atoms with Crippen LogP contribution in [-0.4, -0.2) is 58.0 Å². The fourth-order valence-electron chi connectivity index (χ4n) is 5.36. The first kappa shape index (κ1) is 21.2. The van der Waals surface area contributed by atoms with Crippen molar-refractivity contribution in [2.45, 2.75) is 49.6 Å². The van der Waals surface area contributed by atoms with E-state index in [1.807, 2.05) is 6.07 Å². The second-order valence-electron chi connectivity index (χ2n) is 9.24. The summed E-state index contributed by atoms with van der Waals surface area (Å²) in [6.07, 6.45) is 4.52. The van der Waals surface area contributed by atoms with Gasteiger partial charge in [-0.05, 0) is 49.4 Å². The zero-order chi connectivity index (χ0) is 22.4. The number of benzene rings is 1. The number of fused-ring (bicyclic) bond motifs is 2. The van der Waals surface area contributed by atoms with Gasteiger partial charge in [-0.15, -0.1) is 0 Å². The molecule has 174 valence electrons. The molecule has 7 nitrogen and oxygen atoms in total. The molecule has 5 heterocycles. The van der Waals surface area contributed by atoms with Crippen LogP contribution in [-0.2, 0) is 28.5 Å². The van der Waals surface area contributed by atoms with Crippen molar-refractivity contribution in [3.05, 3.63) is 40.8 Å². The molecular weight excluding hydrogens is 441 g/mol. The molecule has 1 unspecified atom stereocenters. The second kappa shape index (κ2) is 8.76. The van der Waals surface area contributed by atoms with Crippen LogP contribution in [0.1, 0.15) is 42.5 Å². The Morgan fingerprint density at radius 1 is 1.12 bits per heavy atom. The average molecular weight is 470 g/mol. The maximum Gasteiger partial charge on any atom is 0.227 e. The lowest BCUT2D eigenvalue weighted by Crippen LogP contribution is -2.38. The van der Waals surface area contributed by atoms with Gasteiger partial charge in [0, 0.05) is 61.7 Å². The largest absolute Gasteiger partial charge is 0.381 e. The Bertz CT molecular complexity index is 1130. The number of nitrogens with zero attached hydrogens (tertiary/aromatic N) is 4. The normalized spacial score (nSPS) is 23.4. The Balaban J connectivity index is 1.19. The monoisotopic (exact) mass is 469 g/mol. The van der Waals surface area contributed by atoms with Crippen LogP contribution in [0.2, 0.25) is 0 Å². The van der Waals surface area contributed by atoms with Gasteiger partial charge in [0.25, 0.3) is 0 Å². The fraction of sp³-hybridized carbons (Fsp3) is 0.542. The first-order chi connectivity index (χ1) is 16.2. The summed E-state index contributed by atoms with van der Waals surface area (Å²) in [5.74, 6) is 2.28. The Labute approximate surface area is 195 Å². The molecule has 0 spiro atoms. The molecule has 33 heavy (non-hydrogen) atoms. The highest BCUT2D eigenvalue weighted by atomic mass is 32.2. The van der Waals surface area contributed by atoms with E-state index < -0.39 is 10.8 Å². The molecule has 0 amide bonds. The van der Waals surface area contributed by atoms with Crippen molar-refractivity contribution in [2.75, 3.05) is 42.3 Å². The molecule has 2 aromatic rings. The number of nitrogens with one attached hydrogen (secondary N) is 1. The molecule has 2 saturated heterocycles. The Morgan fingerprint density at radius 3 is 2.76 bits per heavy atom. The van der Waals surface area contributed by atoms with E-state index in [0.29, 0.717) is 24.3 Å². The molecule has 6 rings (SSSR count). The molecule has 0 aliphatic carbocycles. The van der Waals surface area contributed by atoms with Gasteiger partial charge < -0.3 is 15.0 Å². The molecule has 4 aliphatic rings. The van der Waals surface area contributed by atoms with E-state index in [9.17, 15) is 8.60 Å². The number of halogens is 1. The number of aryl methyl sites for hydroxylation is 1. The third-order valence-corrected chi connectivity index (χ3v) is 8.62. The smallest absolute Gasteiger partial charge is 0.227 e. The van der Waals surface area contributed by atoms with Crippen LogP contribution in [0.15, 0.2) is 28.1 Å². The zero-order valence-electron chi connectivity index (χ0n) is 18.6. The topological polar surface area (TPSA) is 79.7 Å². The van der Waals surface area contributed by atoms with E-state index in [2.05, 4.69) is 10.2 Å². The third kappa shape index (κ3) is 4.05. The van der Waals surface area contributed by atoms with Gasteiger partial charge >= 0.3 is 0 Å². The van der Waals surface area contributed by atoms with Gasteiger partial charge in [-0.2, -0.15) is 4.98 Å². The van der Waals surface area contributed by atoms with Crippen molar-refractivity contribution in [3.63, 3.8) is 0 Å². The van der Waals surface area contributed by atoms with Crippen LogP contribution in [0.5, 0.6) is 0 Å². The summed E-state index contributed by atoms with van der Waals surface area (Å²) in [5, 5.41) is 3.56. The Hall–Kier alpha value is -2.39. The number of rotatable bonds is 4. The van der Waals surface area contributed by atoms with Crippen molar-refractivity contribution >= 4 is 28.3 Å². The minimum Gasteiger partial charge on any atom is -0.381 e. The van der Waals surface area contributed by atoms with Crippen molar-refractivity contribution < 1.29 is 13.3 Å². The van der Waals surface area contributed by atoms with E-state index in [1.54, 1.807) is 6.07 Å². The molecular formula is C24H28FN5O2S. The van der Waals surface area contributed by atoms with Gasteiger partial charge in [-0.25, -0.2) is 9.37 Å². The lowest BCUT2D eigenvalue weighted by molar-refractivity contribution is 0.0903. The van der Waals surface area contributed by atoms with E-state index in [4.69, 9.17) is 19.7 Å². The summed E-state index contributed by atoms with van der Waals surface area (Å²) in [5.41, 5.74) is 4.14. The van der Waals surface area contributed by atoms with Gasteiger partial charge in [0.2, 0.25) is 5.95 Å². The zero-order valence-corrected chi connectivity index (χ0v) is 19.4. The van der Waals surface area contributed by atoms with E-state index in [0.717, 1.165) is 97.6 Å². The standard InChI is InChI=1S/C24H28FN5O2S/c25-17-1-2-19-16(13-17)14-26-21(19)15-3-8-30(9-4-15)24-28-20-7-12-33(31)22(20)23(29-24)27-18-5-10-32-11-6-18/h1-2,13,15,18H,3-12,14H2,(H,27,28,29). The molecule has 1 N–H and O–H groups in total. The minimum atomic E-state index is -1.04. The maximum absolute atomic E-state index is 13.6. The van der Waals surface area contributed by atoms with Gasteiger partial charge in [0.05, 0.1) is 23.0 Å². The molecule has 1 aromatic carbocycles. The highest BCUT2D eigenvalue weighted by Gasteiger charge is 2.32. The number of aromatic nitrogens is 2. The second-order valence-corrected chi connectivity index (χ2v) is 10.8. The van der Waals surface area contributed by atoms with Crippen molar-refractivity contribution in [1.82, 2.24) is 9.97 Å². The van der Waals surface area contributed by atoms with Crippen LogP contribution < -0.4 is 10.2 Å². The van der Waals surface area contributed by atoms with Crippen LogP contribution in [0.3, 0.4) is 0 Å². The lowest BCUT2D eigenvalue weighted by atomic mass is 9.88. The molecule has 4 aliphatic heterocycles. The van der Waals surface area contributed by atoms with Gasteiger partial charge in [0.15, 0.2) is 0 Å². The Morgan fingerprint density at radius 2 is 1.94 bits per heavy atom. The third-order valence-electron chi connectivity index (χ3n) is 7.17. The van der Waals surface area contributed by atoms with Gasteiger partial charge in [0.1, 0.15) is 16.5 Å². The summed E-state index contributed by atoms with van der Waals surface area (Å²) in [4.78, 5) is 17.5. The molecule has 2 fully saturated rings.